The first-order valence-corrected chi connectivity index (χ1v) is 9.10. The Kier molecular flexibility index (Phi) is 5.04. The third-order valence-corrected chi connectivity index (χ3v) is 5.24. The summed E-state index contributed by atoms with van der Waals surface area (Å²) in [7, 11) is 1.75. The Bertz CT molecular complexity index is 759. The number of piperidine rings is 1. The lowest BCUT2D eigenvalue weighted by Gasteiger charge is -2.32. The van der Waals surface area contributed by atoms with Gasteiger partial charge < -0.3 is 14.2 Å². The Morgan fingerprint density at radius 3 is 2.71 bits per heavy atom. The number of carbonyl (C=O) groups is 1. The normalized spacial score (nSPS) is 15.5. The number of amides is 1. The van der Waals surface area contributed by atoms with Crippen molar-refractivity contribution in [2.24, 2.45) is 7.05 Å². The van der Waals surface area contributed by atoms with E-state index < -0.39 is 0 Å². The lowest BCUT2D eigenvalue weighted by molar-refractivity contribution is -0.132. The van der Waals surface area contributed by atoms with Crippen molar-refractivity contribution in [3.8, 4) is 5.75 Å². The van der Waals surface area contributed by atoms with E-state index in [1.165, 1.54) is 6.07 Å². The number of ether oxygens (including phenoxy) is 1. The van der Waals surface area contributed by atoms with Gasteiger partial charge in [-0.3, -0.25) is 9.59 Å². The standard InChI is InChI=1S/C18H22N2O3S/c1-13-9-16(11-17(21)19(13)2)23-15-3-6-20(7-4-15)18(22)10-14-5-8-24-12-14/h5,8-9,11-12,15H,3-4,6-7,10H2,1-2H3. The van der Waals surface area contributed by atoms with Gasteiger partial charge in [0.2, 0.25) is 5.91 Å². The van der Waals surface area contributed by atoms with Crippen molar-refractivity contribution in [3.63, 3.8) is 0 Å². The quantitative estimate of drug-likeness (QED) is 0.854. The van der Waals surface area contributed by atoms with Gasteiger partial charge in [0.25, 0.3) is 5.56 Å². The number of carbonyl (C=O) groups excluding carboxylic acids is 1. The zero-order valence-electron chi connectivity index (χ0n) is 14.0. The molecule has 0 saturated carbocycles. The van der Waals surface area contributed by atoms with Gasteiger partial charge in [0.1, 0.15) is 11.9 Å². The minimum atomic E-state index is -0.0617. The van der Waals surface area contributed by atoms with E-state index in [0.29, 0.717) is 25.3 Å². The Labute approximate surface area is 145 Å². The van der Waals surface area contributed by atoms with E-state index in [-0.39, 0.29) is 17.6 Å². The predicted molar refractivity (Wildman–Crippen MR) is 94.7 cm³/mol. The highest BCUT2D eigenvalue weighted by molar-refractivity contribution is 7.07. The predicted octanol–water partition coefficient (Wildman–Crippen LogP) is 2.37. The molecule has 6 heteroatoms. The minimum Gasteiger partial charge on any atom is -0.490 e. The van der Waals surface area contributed by atoms with E-state index in [1.54, 1.807) is 23.0 Å². The van der Waals surface area contributed by atoms with Crippen LogP contribution in [0.4, 0.5) is 0 Å². The molecule has 0 spiro atoms. The van der Waals surface area contributed by atoms with Gasteiger partial charge in [-0.1, -0.05) is 0 Å². The van der Waals surface area contributed by atoms with Crippen LogP contribution in [0.15, 0.2) is 33.8 Å². The SMILES string of the molecule is Cc1cc(OC2CCN(C(=O)Cc3ccsc3)CC2)cc(=O)n1C. The number of rotatable bonds is 4. The van der Waals surface area contributed by atoms with Crippen LogP contribution in [0.25, 0.3) is 0 Å². The summed E-state index contributed by atoms with van der Waals surface area (Å²) in [6, 6.07) is 5.41. The first-order chi connectivity index (χ1) is 11.5. The van der Waals surface area contributed by atoms with Crippen molar-refractivity contribution >= 4 is 17.2 Å². The molecule has 24 heavy (non-hydrogen) atoms. The number of thiophene rings is 1. The Morgan fingerprint density at radius 2 is 2.08 bits per heavy atom. The van der Waals surface area contributed by atoms with Crippen LogP contribution in [0, 0.1) is 6.92 Å². The molecular formula is C18H22N2O3S. The van der Waals surface area contributed by atoms with Gasteiger partial charge in [0.15, 0.2) is 0 Å². The van der Waals surface area contributed by atoms with Gasteiger partial charge in [-0.05, 0) is 35.4 Å². The Hall–Kier alpha value is -2.08. The number of aromatic nitrogens is 1. The van der Waals surface area contributed by atoms with E-state index in [2.05, 4.69) is 0 Å². The zero-order chi connectivity index (χ0) is 17.1. The third kappa shape index (κ3) is 3.87. The summed E-state index contributed by atoms with van der Waals surface area (Å²) in [4.78, 5) is 26.0. The molecule has 0 N–H and O–H groups in total. The number of hydrogen-bond donors (Lipinski definition) is 0. The zero-order valence-corrected chi connectivity index (χ0v) is 14.8. The van der Waals surface area contributed by atoms with Crippen LogP contribution in [-0.4, -0.2) is 34.6 Å². The van der Waals surface area contributed by atoms with Crippen LogP contribution in [0.1, 0.15) is 24.1 Å². The average molecular weight is 346 g/mol. The van der Waals surface area contributed by atoms with Crippen molar-refractivity contribution in [1.82, 2.24) is 9.47 Å². The van der Waals surface area contributed by atoms with Crippen molar-refractivity contribution in [2.45, 2.75) is 32.3 Å². The molecular weight excluding hydrogens is 324 g/mol. The molecule has 0 aliphatic carbocycles. The van der Waals surface area contributed by atoms with E-state index >= 15 is 0 Å². The minimum absolute atomic E-state index is 0.0571. The summed E-state index contributed by atoms with van der Waals surface area (Å²) in [5.41, 5.74) is 1.90. The molecule has 3 heterocycles. The smallest absolute Gasteiger partial charge is 0.254 e. The Morgan fingerprint density at radius 1 is 1.33 bits per heavy atom. The van der Waals surface area contributed by atoms with E-state index in [4.69, 9.17) is 4.74 Å². The van der Waals surface area contributed by atoms with Crippen LogP contribution in [0.3, 0.4) is 0 Å². The van der Waals surface area contributed by atoms with Crippen molar-refractivity contribution < 1.29 is 9.53 Å². The molecule has 1 aliphatic rings. The molecule has 1 amide bonds. The average Bonchev–Trinajstić information content (AvgIpc) is 3.06. The highest BCUT2D eigenvalue weighted by Gasteiger charge is 2.24. The molecule has 128 valence electrons. The van der Waals surface area contributed by atoms with Crippen molar-refractivity contribution in [2.75, 3.05) is 13.1 Å². The molecule has 1 fully saturated rings. The highest BCUT2D eigenvalue weighted by Crippen LogP contribution is 2.19. The van der Waals surface area contributed by atoms with Gasteiger partial charge in [-0.25, -0.2) is 0 Å². The largest absolute Gasteiger partial charge is 0.490 e. The summed E-state index contributed by atoms with van der Waals surface area (Å²) >= 11 is 1.62. The van der Waals surface area contributed by atoms with Crippen molar-refractivity contribution in [1.29, 1.82) is 0 Å². The van der Waals surface area contributed by atoms with Crippen LogP contribution in [0.5, 0.6) is 5.75 Å². The van der Waals surface area contributed by atoms with Crippen molar-refractivity contribution in [3.05, 3.63) is 50.6 Å². The summed E-state index contributed by atoms with van der Waals surface area (Å²) in [5, 5.41) is 4.01. The molecule has 2 aromatic rings. The maximum Gasteiger partial charge on any atom is 0.254 e. The van der Waals surface area contributed by atoms with Gasteiger partial charge >= 0.3 is 0 Å². The number of nitrogens with zero attached hydrogens (tertiary/aromatic N) is 2. The number of likely N-dealkylation sites (tertiary alicyclic amines) is 1. The fourth-order valence-electron chi connectivity index (χ4n) is 2.90. The lowest BCUT2D eigenvalue weighted by Crippen LogP contribution is -2.42. The van der Waals surface area contributed by atoms with Gasteiger partial charge in [-0.15, -0.1) is 0 Å². The fraction of sp³-hybridized carbons (Fsp3) is 0.444. The maximum atomic E-state index is 12.3. The fourth-order valence-corrected chi connectivity index (χ4v) is 3.57. The molecule has 1 saturated heterocycles. The molecule has 5 nitrogen and oxygen atoms in total. The summed E-state index contributed by atoms with van der Waals surface area (Å²) in [6.45, 7) is 3.30. The summed E-state index contributed by atoms with van der Waals surface area (Å²) < 4.78 is 7.55. The molecule has 0 bridgehead atoms. The molecule has 2 aromatic heterocycles. The third-order valence-electron chi connectivity index (χ3n) is 4.51. The summed E-state index contributed by atoms with van der Waals surface area (Å²) in [6.07, 6.45) is 2.12. The number of hydrogen-bond acceptors (Lipinski definition) is 4. The molecule has 0 atom stereocenters. The van der Waals surface area contributed by atoms with Gasteiger partial charge in [-0.2, -0.15) is 11.3 Å². The van der Waals surface area contributed by atoms with Crippen LogP contribution < -0.4 is 10.3 Å². The number of aryl methyl sites for hydroxylation is 1. The van der Waals surface area contributed by atoms with Gasteiger partial charge in [0, 0.05) is 44.7 Å². The molecule has 1 aliphatic heterocycles. The van der Waals surface area contributed by atoms with Gasteiger partial charge in [0.05, 0.1) is 6.42 Å². The van der Waals surface area contributed by atoms with Crippen LogP contribution in [0.2, 0.25) is 0 Å². The molecule has 0 aromatic carbocycles. The maximum absolute atomic E-state index is 12.3. The first-order valence-electron chi connectivity index (χ1n) is 8.16. The monoisotopic (exact) mass is 346 g/mol. The molecule has 3 rings (SSSR count). The van der Waals surface area contributed by atoms with E-state index in [1.807, 2.05) is 34.7 Å². The van der Waals surface area contributed by atoms with E-state index in [9.17, 15) is 9.59 Å². The second-order valence-electron chi connectivity index (χ2n) is 6.24. The van der Waals surface area contributed by atoms with E-state index in [0.717, 1.165) is 24.1 Å². The topological polar surface area (TPSA) is 51.5 Å². The first kappa shape index (κ1) is 16.8. The van der Waals surface area contributed by atoms with Crippen LogP contribution >= 0.6 is 11.3 Å². The Balaban J connectivity index is 1.53. The van der Waals surface area contributed by atoms with Crippen LogP contribution in [-0.2, 0) is 18.3 Å². The molecule has 0 unspecified atom stereocenters. The number of pyridine rings is 1. The molecule has 0 radical (unpaired) electrons. The summed E-state index contributed by atoms with van der Waals surface area (Å²) in [5.74, 6) is 0.801. The lowest BCUT2D eigenvalue weighted by atomic mass is 10.1. The highest BCUT2D eigenvalue weighted by atomic mass is 32.1. The second-order valence-corrected chi connectivity index (χ2v) is 7.02. The second kappa shape index (κ2) is 7.21.